The summed E-state index contributed by atoms with van der Waals surface area (Å²) >= 11 is 1.46. The third kappa shape index (κ3) is 3.24. The largest absolute Gasteiger partial charge is 0.489 e. The van der Waals surface area contributed by atoms with Crippen molar-refractivity contribution in [3.63, 3.8) is 0 Å². The Labute approximate surface area is 121 Å². The number of fused-ring (bicyclic) bond motifs is 1. The lowest BCUT2D eigenvalue weighted by Gasteiger charge is -2.29. The van der Waals surface area contributed by atoms with E-state index in [-0.39, 0.29) is 11.9 Å². The van der Waals surface area contributed by atoms with Crippen LogP contribution >= 0.6 is 11.8 Å². The van der Waals surface area contributed by atoms with Crippen LogP contribution in [0.3, 0.4) is 0 Å². The van der Waals surface area contributed by atoms with Crippen molar-refractivity contribution < 1.29 is 19.0 Å². The zero-order valence-electron chi connectivity index (χ0n) is 11.4. The zero-order chi connectivity index (χ0) is 14.9. The highest BCUT2D eigenvalue weighted by Gasteiger charge is 2.34. The Hall–Kier alpha value is -1.27. The smallest absolute Gasteiger partial charge is 0.321 e. The summed E-state index contributed by atoms with van der Waals surface area (Å²) in [6.07, 6.45) is 0.565. The van der Waals surface area contributed by atoms with Gasteiger partial charge in [-0.15, -0.1) is 11.8 Å². The molecule has 0 spiro atoms. The van der Waals surface area contributed by atoms with Gasteiger partial charge in [-0.1, -0.05) is 0 Å². The monoisotopic (exact) mass is 299 g/mol. The Morgan fingerprint density at radius 1 is 1.65 bits per heavy atom. The van der Waals surface area contributed by atoms with Gasteiger partial charge in [0.15, 0.2) is 0 Å². The van der Waals surface area contributed by atoms with E-state index in [0.717, 1.165) is 5.56 Å². The Morgan fingerprint density at radius 2 is 2.35 bits per heavy atom. The number of hydrogen-bond donors (Lipinski definition) is 2. The van der Waals surface area contributed by atoms with Crippen LogP contribution in [0.4, 0.5) is 4.39 Å². The molecule has 1 unspecified atom stereocenters. The summed E-state index contributed by atoms with van der Waals surface area (Å²) in [7, 11) is 0. The van der Waals surface area contributed by atoms with Crippen molar-refractivity contribution in [1.82, 2.24) is 0 Å². The fourth-order valence-corrected chi connectivity index (χ4v) is 3.16. The van der Waals surface area contributed by atoms with Crippen LogP contribution in [0.15, 0.2) is 18.2 Å². The predicted octanol–water partition coefficient (Wildman–Crippen LogP) is 2.05. The first kappa shape index (κ1) is 15.1. The highest BCUT2D eigenvalue weighted by atomic mass is 32.2. The summed E-state index contributed by atoms with van der Waals surface area (Å²) in [5, 5.41) is 8.97. The van der Waals surface area contributed by atoms with E-state index in [4.69, 9.17) is 15.6 Å². The lowest BCUT2D eigenvalue weighted by Crippen LogP contribution is -2.47. The molecule has 1 aliphatic rings. The van der Waals surface area contributed by atoms with Crippen LogP contribution in [0.25, 0.3) is 0 Å². The molecular formula is C14H18FNO3S. The molecule has 3 N–H and O–H groups in total. The molecule has 0 bridgehead atoms. The van der Waals surface area contributed by atoms with Gasteiger partial charge in [0, 0.05) is 22.5 Å². The number of rotatable bonds is 5. The molecule has 0 fully saturated rings. The molecule has 110 valence electrons. The first-order chi connectivity index (χ1) is 9.29. The van der Waals surface area contributed by atoms with Crippen molar-refractivity contribution in [1.29, 1.82) is 0 Å². The molecule has 0 radical (unpaired) electrons. The number of halogens is 1. The van der Waals surface area contributed by atoms with Gasteiger partial charge in [0.05, 0.1) is 0 Å². The minimum Gasteiger partial charge on any atom is -0.489 e. The van der Waals surface area contributed by atoms with Crippen molar-refractivity contribution in [2.75, 3.05) is 5.75 Å². The molecule has 2 rings (SSSR count). The number of nitrogens with two attached hydrogens (primary N) is 1. The molecule has 6 heteroatoms. The van der Waals surface area contributed by atoms with E-state index < -0.39 is 16.8 Å². The number of benzene rings is 1. The molecule has 0 aromatic heterocycles. The molecule has 1 aliphatic heterocycles. The number of ether oxygens (including phenoxy) is 1. The van der Waals surface area contributed by atoms with Gasteiger partial charge in [0.1, 0.15) is 23.7 Å². The van der Waals surface area contributed by atoms with Crippen LogP contribution < -0.4 is 10.5 Å². The van der Waals surface area contributed by atoms with Crippen molar-refractivity contribution in [3.8, 4) is 5.75 Å². The second-order valence-electron chi connectivity index (χ2n) is 5.43. The molecule has 0 amide bonds. The number of carboxylic acid groups (broad SMARTS) is 1. The fourth-order valence-electron chi connectivity index (χ4n) is 2.08. The van der Waals surface area contributed by atoms with Crippen LogP contribution in [-0.2, 0) is 11.2 Å². The van der Waals surface area contributed by atoms with Gasteiger partial charge in [0.25, 0.3) is 0 Å². The lowest BCUT2D eigenvalue weighted by atomic mass is 10.1. The topological polar surface area (TPSA) is 72.5 Å². The Bertz CT molecular complexity index is 521. The standard InChI is InChI=1S/C14H18FNO3S/c1-14(2,12(16)13(17)18)20-7-10-6-8-5-9(15)3-4-11(8)19-10/h3-5,10,12H,6-7,16H2,1-2H3,(H,17,18)/t10?,12-/m0/s1. The normalized spacial score (nSPS) is 19.3. The number of carbonyl (C=O) groups is 1. The van der Waals surface area contributed by atoms with Gasteiger partial charge in [-0.25, -0.2) is 4.39 Å². The highest BCUT2D eigenvalue weighted by Crippen LogP contribution is 2.34. The predicted molar refractivity (Wildman–Crippen MR) is 76.7 cm³/mol. The van der Waals surface area contributed by atoms with Gasteiger partial charge < -0.3 is 15.6 Å². The van der Waals surface area contributed by atoms with Crippen LogP contribution in [0.2, 0.25) is 0 Å². The second kappa shape index (κ2) is 5.61. The molecule has 4 nitrogen and oxygen atoms in total. The minimum absolute atomic E-state index is 0.0722. The number of thioether (sulfide) groups is 1. The molecule has 0 aliphatic carbocycles. The molecule has 1 aromatic rings. The average molecular weight is 299 g/mol. The summed E-state index contributed by atoms with van der Waals surface area (Å²) < 4.78 is 18.2. The number of carboxylic acids is 1. The fraction of sp³-hybridized carbons (Fsp3) is 0.500. The molecule has 0 saturated heterocycles. The van der Waals surface area contributed by atoms with Crippen LogP contribution in [-0.4, -0.2) is 33.7 Å². The van der Waals surface area contributed by atoms with Crippen molar-refractivity contribution >= 4 is 17.7 Å². The Balaban J connectivity index is 1.93. The van der Waals surface area contributed by atoms with E-state index in [9.17, 15) is 9.18 Å². The molecule has 0 saturated carbocycles. The third-order valence-electron chi connectivity index (χ3n) is 3.42. The minimum atomic E-state index is -1.01. The number of hydrogen-bond acceptors (Lipinski definition) is 4. The quantitative estimate of drug-likeness (QED) is 0.870. The molecule has 1 aromatic carbocycles. The van der Waals surface area contributed by atoms with E-state index in [1.165, 1.54) is 23.9 Å². The first-order valence-electron chi connectivity index (χ1n) is 6.37. The van der Waals surface area contributed by atoms with E-state index in [0.29, 0.717) is 17.9 Å². The third-order valence-corrected chi connectivity index (χ3v) is 4.96. The molecule has 1 heterocycles. The summed E-state index contributed by atoms with van der Waals surface area (Å²) in [6, 6.07) is 3.55. The van der Waals surface area contributed by atoms with Gasteiger partial charge >= 0.3 is 5.97 Å². The van der Waals surface area contributed by atoms with E-state index >= 15 is 0 Å². The summed E-state index contributed by atoms with van der Waals surface area (Å²) in [6.45, 7) is 3.61. The maximum atomic E-state index is 13.1. The summed E-state index contributed by atoms with van der Waals surface area (Å²) in [4.78, 5) is 10.9. The second-order valence-corrected chi connectivity index (χ2v) is 7.10. The maximum Gasteiger partial charge on any atom is 0.321 e. The van der Waals surface area contributed by atoms with Crippen molar-refractivity contribution in [3.05, 3.63) is 29.6 Å². The Kier molecular flexibility index (Phi) is 4.25. The SMILES string of the molecule is CC(C)(SCC1Cc2cc(F)ccc2O1)[C@@H](N)C(=O)O. The van der Waals surface area contributed by atoms with Crippen LogP contribution in [0, 0.1) is 5.82 Å². The van der Waals surface area contributed by atoms with Crippen LogP contribution in [0.1, 0.15) is 19.4 Å². The zero-order valence-corrected chi connectivity index (χ0v) is 12.2. The lowest BCUT2D eigenvalue weighted by molar-refractivity contribution is -0.139. The van der Waals surface area contributed by atoms with Crippen molar-refractivity contribution in [2.24, 2.45) is 5.73 Å². The van der Waals surface area contributed by atoms with E-state index in [1.807, 2.05) is 0 Å². The van der Waals surface area contributed by atoms with Crippen LogP contribution in [0.5, 0.6) is 5.75 Å². The maximum absolute atomic E-state index is 13.1. The van der Waals surface area contributed by atoms with Crippen molar-refractivity contribution in [2.45, 2.75) is 37.2 Å². The molecule has 2 atom stereocenters. The van der Waals surface area contributed by atoms with Gasteiger partial charge in [-0.2, -0.15) is 0 Å². The van der Waals surface area contributed by atoms with Gasteiger partial charge in [-0.05, 0) is 32.0 Å². The Morgan fingerprint density at radius 3 is 3.00 bits per heavy atom. The molecular weight excluding hydrogens is 281 g/mol. The average Bonchev–Trinajstić information content (AvgIpc) is 2.77. The summed E-state index contributed by atoms with van der Waals surface area (Å²) in [5.41, 5.74) is 6.53. The first-order valence-corrected chi connectivity index (χ1v) is 7.35. The van der Waals surface area contributed by atoms with Gasteiger partial charge in [-0.3, -0.25) is 4.79 Å². The van der Waals surface area contributed by atoms with E-state index in [1.54, 1.807) is 19.9 Å². The highest BCUT2D eigenvalue weighted by molar-refractivity contribution is 8.00. The molecule has 20 heavy (non-hydrogen) atoms. The van der Waals surface area contributed by atoms with Gasteiger partial charge in [0.2, 0.25) is 0 Å². The van der Waals surface area contributed by atoms with E-state index in [2.05, 4.69) is 0 Å². The summed E-state index contributed by atoms with van der Waals surface area (Å²) in [5.74, 6) is 0.0380. The number of aliphatic carboxylic acids is 1.